The van der Waals surface area contributed by atoms with E-state index in [4.69, 9.17) is 5.11 Å². The van der Waals surface area contributed by atoms with Crippen molar-refractivity contribution in [3.63, 3.8) is 0 Å². The monoisotopic (exact) mass is 223 g/mol. The second kappa shape index (κ2) is 4.15. The van der Waals surface area contributed by atoms with Crippen LogP contribution in [0.25, 0.3) is 21.8 Å². The molecule has 2 nitrogen and oxygen atoms in total. The summed E-state index contributed by atoms with van der Waals surface area (Å²) >= 11 is 0. The lowest BCUT2D eigenvalue weighted by atomic mass is 10.0. The lowest BCUT2D eigenvalue weighted by Gasteiger charge is -2.06. The Labute approximate surface area is 99.5 Å². The van der Waals surface area contributed by atoms with E-state index in [-0.39, 0.29) is 6.61 Å². The Morgan fingerprint density at radius 2 is 1.76 bits per heavy atom. The maximum absolute atomic E-state index is 9.07. The van der Waals surface area contributed by atoms with Crippen molar-refractivity contribution in [1.29, 1.82) is 0 Å². The largest absolute Gasteiger partial charge is 0.396 e. The predicted octanol–water partition coefficient (Wildman–Crippen LogP) is 2.92. The number of hydrogen-bond donors (Lipinski definition) is 1. The number of rotatable bonds is 2. The number of aliphatic hydroxyl groups excluding tert-OH is 1. The second-order valence-electron chi connectivity index (χ2n) is 4.14. The van der Waals surface area contributed by atoms with Crippen molar-refractivity contribution in [2.45, 2.75) is 6.42 Å². The van der Waals surface area contributed by atoms with Crippen molar-refractivity contribution in [2.24, 2.45) is 0 Å². The van der Waals surface area contributed by atoms with Crippen LogP contribution >= 0.6 is 0 Å². The van der Waals surface area contributed by atoms with Gasteiger partial charge in [-0.15, -0.1) is 0 Å². The van der Waals surface area contributed by atoms with E-state index in [0.29, 0.717) is 6.42 Å². The summed E-state index contributed by atoms with van der Waals surface area (Å²) in [4.78, 5) is 4.64. The van der Waals surface area contributed by atoms with Gasteiger partial charge in [0.05, 0.1) is 11.0 Å². The zero-order chi connectivity index (χ0) is 11.7. The summed E-state index contributed by atoms with van der Waals surface area (Å²) in [6.07, 6.45) is 0.678. The van der Waals surface area contributed by atoms with Gasteiger partial charge in [-0.25, -0.2) is 4.98 Å². The van der Waals surface area contributed by atoms with Gasteiger partial charge in [0.2, 0.25) is 0 Å². The van der Waals surface area contributed by atoms with Crippen LogP contribution in [0, 0.1) is 0 Å². The number of aliphatic hydroxyl groups is 1. The van der Waals surface area contributed by atoms with Crippen LogP contribution in [-0.2, 0) is 6.42 Å². The van der Waals surface area contributed by atoms with Gasteiger partial charge in [0.15, 0.2) is 0 Å². The van der Waals surface area contributed by atoms with Gasteiger partial charge < -0.3 is 5.11 Å². The SMILES string of the molecule is OCCc1cccc2nc3ccccc3cc12. The minimum absolute atomic E-state index is 0.173. The van der Waals surface area contributed by atoms with Crippen LogP contribution < -0.4 is 0 Å². The van der Waals surface area contributed by atoms with E-state index in [1.54, 1.807) is 0 Å². The van der Waals surface area contributed by atoms with Gasteiger partial charge in [0.25, 0.3) is 0 Å². The first-order valence-electron chi connectivity index (χ1n) is 5.77. The maximum atomic E-state index is 9.07. The number of para-hydroxylation sites is 1. The lowest BCUT2D eigenvalue weighted by molar-refractivity contribution is 0.300. The van der Waals surface area contributed by atoms with Crippen molar-refractivity contribution in [3.8, 4) is 0 Å². The molecular formula is C15H13NO. The summed E-state index contributed by atoms with van der Waals surface area (Å²) < 4.78 is 0. The number of pyridine rings is 1. The van der Waals surface area contributed by atoms with Crippen LogP contribution in [0.3, 0.4) is 0 Å². The van der Waals surface area contributed by atoms with Gasteiger partial charge in [0, 0.05) is 17.4 Å². The Balaban J connectivity index is 2.35. The number of fused-ring (bicyclic) bond motifs is 2. The molecule has 2 heteroatoms. The van der Waals surface area contributed by atoms with Gasteiger partial charge in [-0.05, 0) is 30.2 Å². The molecule has 1 N–H and O–H groups in total. The van der Waals surface area contributed by atoms with Gasteiger partial charge in [0.1, 0.15) is 0 Å². The van der Waals surface area contributed by atoms with Crippen LogP contribution in [0.15, 0.2) is 48.5 Å². The minimum atomic E-state index is 0.173. The summed E-state index contributed by atoms with van der Waals surface area (Å²) in [7, 11) is 0. The molecule has 84 valence electrons. The zero-order valence-corrected chi connectivity index (χ0v) is 9.43. The summed E-state index contributed by atoms with van der Waals surface area (Å²) in [5.41, 5.74) is 3.17. The molecule has 0 saturated carbocycles. The summed E-state index contributed by atoms with van der Waals surface area (Å²) in [5.74, 6) is 0. The fourth-order valence-corrected chi connectivity index (χ4v) is 2.20. The molecule has 1 aromatic heterocycles. The van der Waals surface area contributed by atoms with E-state index < -0.39 is 0 Å². The highest BCUT2D eigenvalue weighted by Gasteiger charge is 2.03. The Morgan fingerprint density at radius 3 is 2.65 bits per heavy atom. The first kappa shape index (κ1) is 10.2. The number of hydrogen-bond acceptors (Lipinski definition) is 2. The summed E-state index contributed by atoms with van der Waals surface area (Å²) in [6.45, 7) is 0.173. The third kappa shape index (κ3) is 1.77. The zero-order valence-electron chi connectivity index (χ0n) is 9.43. The Kier molecular flexibility index (Phi) is 2.50. The molecule has 0 fully saturated rings. The van der Waals surface area contributed by atoms with Gasteiger partial charge in [-0.2, -0.15) is 0 Å². The number of aromatic nitrogens is 1. The molecule has 0 atom stereocenters. The van der Waals surface area contributed by atoms with E-state index in [1.165, 1.54) is 0 Å². The Bertz CT molecular complexity index is 676. The van der Waals surface area contributed by atoms with E-state index >= 15 is 0 Å². The highest BCUT2D eigenvalue weighted by molar-refractivity contribution is 5.94. The van der Waals surface area contributed by atoms with Crippen LogP contribution in [-0.4, -0.2) is 16.7 Å². The molecule has 2 aromatic carbocycles. The van der Waals surface area contributed by atoms with E-state index in [2.05, 4.69) is 23.2 Å². The van der Waals surface area contributed by atoms with Crippen molar-refractivity contribution < 1.29 is 5.11 Å². The molecule has 0 aliphatic carbocycles. The Morgan fingerprint density at radius 1 is 0.941 bits per heavy atom. The first-order chi connectivity index (χ1) is 8.38. The average Bonchev–Trinajstić information content (AvgIpc) is 2.37. The van der Waals surface area contributed by atoms with Gasteiger partial charge >= 0.3 is 0 Å². The van der Waals surface area contributed by atoms with Crippen molar-refractivity contribution in [2.75, 3.05) is 6.61 Å². The van der Waals surface area contributed by atoms with E-state index in [0.717, 1.165) is 27.4 Å². The predicted molar refractivity (Wildman–Crippen MR) is 70.0 cm³/mol. The molecule has 0 aliphatic rings. The number of benzene rings is 2. The fourth-order valence-electron chi connectivity index (χ4n) is 2.20. The van der Waals surface area contributed by atoms with Crippen molar-refractivity contribution in [1.82, 2.24) is 4.98 Å². The van der Waals surface area contributed by atoms with Crippen LogP contribution in [0.5, 0.6) is 0 Å². The molecule has 0 saturated heterocycles. The highest BCUT2D eigenvalue weighted by Crippen LogP contribution is 2.22. The molecule has 0 amide bonds. The first-order valence-corrected chi connectivity index (χ1v) is 5.77. The van der Waals surface area contributed by atoms with Crippen LogP contribution in [0.1, 0.15) is 5.56 Å². The molecular weight excluding hydrogens is 210 g/mol. The molecule has 0 unspecified atom stereocenters. The molecule has 1 heterocycles. The van der Waals surface area contributed by atoms with E-state index in [1.807, 2.05) is 30.3 Å². The standard InChI is InChI=1S/C15H13NO/c17-9-8-11-5-3-7-15-13(11)10-12-4-1-2-6-14(12)16-15/h1-7,10,17H,8-9H2. The van der Waals surface area contributed by atoms with Gasteiger partial charge in [-0.3, -0.25) is 0 Å². The maximum Gasteiger partial charge on any atom is 0.0712 e. The highest BCUT2D eigenvalue weighted by atomic mass is 16.2. The molecule has 0 spiro atoms. The molecule has 3 aromatic rings. The van der Waals surface area contributed by atoms with Crippen molar-refractivity contribution >= 4 is 21.8 Å². The normalized spacial score (nSPS) is 11.1. The molecule has 0 aliphatic heterocycles. The molecule has 0 bridgehead atoms. The fraction of sp³-hybridized carbons (Fsp3) is 0.133. The second-order valence-corrected chi connectivity index (χ2v) is 4.14. The number of nitrogens with zero attached hydrogens (tertiary/aromatic N) is 1. The van der Waals surface area contributed by atoms with Crippen LogP contribution in [0.2, 0.25) is 0 Å². The molecule has 17 heavy (non-hydrogen) atoms. The summed E-state index contributed by atoms with van der Waals surface area (Å²) in [6, 6.07) is 16.3. The smallest absolute Gasteiger partial charge is 0.0712 e. The van der Waals surface area contributed by atoms with Crippen molar-refractivity contribution in [3.05, 3.63) is 54.1 Å². The van der Waals surface area contributed by atoms with Crippen LogP contribution in [0.4, 0.5) is 0 Å². The third-order valence-electron chi connectivity index (χ3n) is 3.03. The molecule has 0 radical (unpaired) electrons. The lowest BCUT2D eigenvalue weighted by Crippen LogP contribution is -1.93. The molecule has 3 rings (SSSR count). The van der Waals surface area contributed by atoms with E-state index in [9.17, 15) is 0 Å². The Hall–Kier alpha value is -1.93. The topological polar surface area (TPSA) is 33.1 Å². The average molecular weight is 223 g/mol. The van der Waals surface area contributed by atoms with Gasteiger partial charge in [-0.1, -0.05) is 30.3 Å². The third-order valence-corrected chi connectivity index (χ3v) is 3.03. The summed E-state index contributed by atoms with van der Waals surface area (Å²) in [5, 5.41) is 11.4. The minimum Gasteiger partial charge on any atom is -0.396 e. The quantitative estimate of drug-likeness (QED) is 0.677.